The normalized spacial score (nSPS) is 13.0. The molecule has 4 heteroatoms. The van der Waals surface area contributed by atoms with Crippen LogP contribution in [0.3, 0.4) is 0 Å². The molecule has 80 valence electrons. The molecule has 0 spiro atoms. The van der Waals surface area contributed by atoms with Crippen molar-refractivity contribution in [3.05, 3.63) is 11.8 Å². The fourth-order valence-corrected chi connectivity index (χ4v) is 1.46. The van der Waals surface area contributed by atoms with Gasteiger partial charge in [0.1, 0.15) is 6.04 Å². The third kappa shape index (κ3) is 3.36. The van der Waals surface area contributed by atoms with Gasteiger partial charge in [0, 0.05) is 6.42 Å². The lowest BCUT2D eigenvalue weighted by molar-refractivity contribution is -0.788. The molecule has 1 aromatic rings. The third-order valence-corrected chi connectivity index (χ3v) is 2.41. The van der Waals surface area contributed by atoms with Crippen LogP contribution in [0.4, 0.5) is 0 Å². The van der Waals surface area contributed by atoms with Gasteiger partial charge in [0.05, 0.1) is 0 Å². The minimum absolute atomic E-state index is 0.130. The molecule has 0 amide bonds. The zero-order chi connectivity index (χ0) is 10.4. The molecular formula is C10H19N3O. The summed E-state index contributed by atoms with van der Waals surface area (Å²) in [6.45, 7) is 4.32. The van der Waals surface area contributed by atoms with Crippen molar-refractivity contribution in [2.24, 2.45) is 0 Å². The Kier molecular flexibility index (Phi) is 4.43. The first-order valence-electron chi connectivity index (χ1n) is 5.33. The van der Waals surface area contributed by atoms with Gasteiger partial charge >= 0.3 is 0 Å². The Morgan fingerprint density at radius 3 is 2.86 bits per heavy atom. The van der Waals surface area contributed by atoms with Gasteiger partial charge in [-0.15, -0.1) is 0 Å². The van der Waals surface area contributed by atoms with E-state index in [0.717, 1.165) is 6.42 Å². The second-order valence-corrected chi connectivity index (χ2v) is 3.74. The molecule has 0 fully saturated rings. The number of unbranched alkanes of at least 4 members (excludes halogenated alkanes) is 3. The highest BCUT2D eigenvalue weighted by Crippen LogP contribution is 2.08. The first-order chi connectivity index (χ1) is 6.74. The molecule has 0 saturated heterocycles. The molecule has 0 saturated carbocycles. The van der Waals surface area contributed by atoms with Gasteiger partial charge in [-0.2, -0.15) is 0 Å². The van der Waals surface area contributed by atoms with Crippen LogP contribution in [-0.2, 0) is 0 Å². The lowest BCUT2D eigenvalue weighted by atomic mass is 10.1. The predicted octanol–water partition coefficient (Wildman–Crippen LogP) is 1.54. The van der Waals surface area contributed by atoms with Crippen LogP contribution >= 0.6 is 0 Å². The van der Waals surface area contributed by atoms with Crippen LogP contribution in [-0.4, -0.2) is 0 Å². The van der Waals surface area contributed by atoms with Crippen molar-refractivity contribution in [2.45, 2.75) is 52.0 Å². The summed E-state index contributed by atoms with van der Waals surface area (Å²) < 4.78 is 6.42. The van der Waals surface area contributed by atoms with E-state index >= 15 is 0 Å². The lowest BCUT2D eigenvalue weighted by Crippen LogP contribution is -2.41. The summed E-state index contributed by atoms with van der Waals surface area (Å²) >= 11 is 0. The quantitative estimate of drug-likeness (QED) is 0.555. The number of nitrogens with one attached hydrogen (secondary N) is 1. The number of rotatable bonds is 6. The largest absolute Gasteiger partial charge is 0.487 e. The van der Waals surface area contributed by atoms with Gasteiger partial charge in [0.2, 0.25) is 6.20 Å². The molecule has 14 heavy (non-hydrogen) atoms. The molecule has 0 radical (unpaired) electrons. The van der Waals surface area contributed by atoms with Crippen LogP contribution in [0.1, 0.15) is 52.0 Å². The van der Waals surface area contributed by atoms with Gasteiger partial charge in [-0.1, -0.05) is 26.2 Å². The van der Waals surface area contributed by atoms with Crippen molar-refractivity contribution in [3.8, 4) is 0 Å². The Morgan fingerprint density at radius 1 is 1.50 bits per heavy atom. The van der Waals surface area contributed by atoms with Crippen molar-refractivity contribution in [1.29, 1.82) is 5.41 Å². The van der Waals surface area contributed by atoms with Crippen LogP contribution in [0.15, 0.2) is 10.7 Å². The van der Waals surface area contributed by atoms with Crippen molar-refractivity contribution >= 4 is 0 Å². The van der Waals surface area contributed by atoms with Crippen molar-refractivity contribution in [3.63, 3.8) is 0 Å². The highest BCUT2D eigenvalue weighted by atomic mass is 16.5. The minimum atomic E-state index is 0.130. The Labute approximate surface area is 84.4 Å². The van der Waals surface area contributed by atoms with Gasteiger partial charge in [-0.05, 0) is 13.3 Å². The zero-order valence-electron chi connectivity index (χ0n) is 8.99. The summed E-state index contributed by atoms with van der Waals surface area (Å²) in [7, 11) is 0. The van der Waals surface area contributed by atoms with Gasteiger partial charge in [-0.25, -0.2) is 4.68 Å². The molecule has 0 aliphatic heterocycles. The standard InChI is InChI=1S/C10H19N3O/c1-3-4-5-6-7-9(2)13-8-10(11)14-12-13/h8-9,11H,3-7H2,1-2H3. The molecule has 0 aromatic carbocycles. The van der Waals surface area contributed by atoms with Gasteiger partial charge in [0.15, 0.2) is 0 Å². The second-order valence-electron chi connectivity index (χ2n) is 3.74. The highest BCUT2D eigenvalue weighted by Gasteiger charge is 2.08. The Bertz CT molecular complexity index is 302. The van der Waals surface area contributed by atoms with E-state index in [1.165, 1.54) is 25.7 Å². The van der Waals surface area contributed by atoms with Gasteiger partial charge < -0.3 is 4.52 Å². The van der Waals surface area contributed by atoms with E-state index in [9.17, 15) is 0 Å². The number of hydrogen-bond donors (Lipinski definition) is 1. The molecule has 1 aromatic heterocycles. The summed E-state index contributed by atoms with van der Waals surface area (Å²) in [4.78, 5) is 0. The van der Waals surface area contributed by atoms with Crippen molar-refractivity contribution < 1.29 is 9.20 Å². The van der Waals surface area contributed by atoms with Crippen LogP contribution in [0.5, 0.6) is 0 Å². The number of aromatic nitrogens is 2. The maximum Gasteiger partial charge on any atom is 0.264 e. The van der Waals surface area contributed by atoms with Crippen LogP contribution < -0.4 is 15.5 Å². The zero-order valence-corrected chi connectivity index (χ0v) is 8.99. The lowest BCUT2D eigenvalue weighted by Gasteiger charge is -2.07. The topological polar surface area (TPSA) is 55.0 Å². The van der Waals surface area contributed by atoms with E-state index in [2.05, 4.69) is 19.1 Å². The van der Waals surface area contributed by atoms with Gasteiger partial charge in [-0.3, -0.25) is 10.7 Å². The van der Waals surface area contributed by atoms with E-state index in [4.69, 9.17) is 9.93 Å². The molecule has 1 atom stereocenters. The summed E-state index contributed by atoms with van der Waals surface area (Å²) in [5.74, 6) is 0. The SMILES string of the molecule is CCCCCCC(C)[n+]1cc(=N)o[n-]1. The molecule has 0 aliphatic carbocycles. The smallest absolute Gasteiger partial charge is 0.264 e. The minimum Gasteiger partial charge on any atom is -0.487 e. The molecule has 1 N–H and O–H groups in total. The molecule has 1 heterocycles. The summed E-state index contributed by atoms with van der Waals surface area (Å²) in [6.07, 6.45) is 7.82. The summed E-state index contributed by atoms with van der Waals surface area (Å²) in [5.41, 5.74) is 0.130. The average Bonchev–Trinajstić information content (AvgIpc) is 2.59. The van der Waals surface area contributed by atoms with E-state index in [1.807, 2.05) is 0 Å². The Morgan fingerprint density at radius 2 is 2.29 bits per heavy atom. The molecule has 1 unspecified atom stereocenters. The van der Waals surface area contributed by atoms with Crippen LogP contribution in [0.25, 0.3) is 0 Å². The van der Waals surface area contributed by atoms with Crippen LogP contribution in [0, 0.1) is 5.41 Å². The number of hydrogen-bond acceptors (Lipinski definition) is 2. The second kappa shape index (κ2) is 5.62. The van der Waals surface area contributed by atoms with E-state index in [-0.39, 0.29) is 5.55 Å². The monoisotopic (exact) mass is 197 g/mol. The third-order valence-electron chi connectivity index (χ3n) is 2.41. The maximum atomic E-state index is 7.20. The molecule has 0 aliphatic rings. The van der Waals surface area contributed by atoms with Gasteiger partial charge in [0.25, 0.3) is 5.55 Å². The van der Waals surface area contributed by atoms with E-state index in [1.54, 1.807) is 10.9 Å². The average molecular weight is 197 g/mol. The van der Waals surface area contributed by atoms with Crippen molar-refractivity contribution in [1.82, 2.24) is 5.27 Å². The fourth-order valence-electron chi connectivity index (χ4n) is 1.46. The first kappa shape index (κ1) is 11.0. The first-order valence-corrected chi connectivity index (χ1v) is 5.33. The summed E-state index contributed by atoms with van der Waals surface area (Å²) in [5, 5.41) is 11.0. The Hall–Kier alpha value is -1.06. The molecular weight excluding hydrogens is 178 g/mol. The predicted molar refractivity (Wildman–Crippen MR) is 51.5 cm³/mol. The molecule has 4 nitrogen and oxygen atoms in total. The van der Waals surface area contributed by atoms with Crippen molar-refractivity contribution in [2.75, 3.05) is 0 Å². The van der Waals surface area contributed by atoms with Crippen LogP contribution in [0.2, 0.25) is 0 Å². The fraction of sp³-hybridized carbons (Fsp3) is 0.800. The van der Waals surface area contributed by atoms with E-state index in [0.29, 0.717) is 6.04 Å². The van der Waals surface area contributed by atoms with E-state index < -0.39 is 0 Å². The maximum absolute atomic E-state index is 7.20. The molecule has 1 rings (SSSR count). The Balaban J connectivity index is 2.28. The number of nitrogens with zero attached hydrogens (tertiary/aromatic N) is 2. The summed E-state index contributed by atoms with van der Waals surface area (Å²) in [6, 6.07) is 0.342. The molecule has 0 bridgehead atoms. The highest BCUT2D eigenvalue weighted by molar-refractivity contribution is 4.48.